The minimum Gasteiger partial charge on any atom is -0.480 e. The summed E-state index contributed by atoms with van der Waals surface area (Å²) in [6.07, 6.45) is 0. The molecule has 0 aliphatic rings. The van der Waals surface area contributed by atoms with Gasteiger partial charge in [-0.3, -0.25) is 14.5 Å². The van der Waals surface area contributed by atoms with Crippen LogP contribution < -0.4 is 4.90 Å². The molecule has 0 heterocycles. The lowest BCUT2D eigenvalue weighted by atomic mass is 10.0. The van der Waals surface area contributed by atoms with Gasteiger partial charge in [-0.1, -0.05) is 18.2 Å². The molecule has 0 atom stereocenters. The van der Waals surface area contributed by atoms with E-state index in [2.05, 4.69) is 0 Å². The van der Waals surface area contributed by atoms with Crippen LogP contribution in [0.15, 0.2) is 30.3 Å². The van der Waals surface area contributed by atoms with Gasteiger partial charge in [0.05, 0.1) is 6.54 Å². The van der Waals surface area contributed by atoms with Crippen LogP contribution in [0.2, 0.25) is 0 Å². The van der Waals surface area contributed by atoms with Crippen molar-refractivity contribution in [3.05, 3.63) is 30.3 Å². The highest BCUT2D eigenvalue weighted by atomic mass is 16.4. The second-order valence-corrected chi connectivity index (χ2v) is 5.91. The molecule has 0 saturated heterocycles. The maximum absolute atomic E-state index is 12.6. The molecular weight excluding hydrogens is 268 g/mol. The third-order valence-corrected chi connectivity index (χ3v) is 3.67. The van der Waals surface area contributed by atoms with Gasteiger partial charge >= 0.3 is 5.97 Å². The fourth-order valence-electron chi connectivity index (χ4n) is 1.96. The van der Waals surface area contributed by atoms with Crippen molar-refractivity contribution in [3.63, 3.8) is 0 Å². The van der Waals surface area contributed by atoms with Crippen LogP contribution in [-0.4, -0.2) is 47.1 Å². The molecule has 0 fully saturated rings. The molecular formula is C16H24N2O3. The zero-order valence-corrected chi connectivity index (χ0v) is 13.3. The van der Waals surface area contributed by atoms with Crippen molar-refractivity contribution >= 4 is 17.6 Å². The number of benzene rings is 1. The van der Waals surface area contributed by atoms with Crippen molar-refractivity contribution in [2.24, 2.45) is 0 Å². The molecule has 1 N–H and O–H groups in total. The Bertz CT molecular complexity index is 498. The predicted octanol–water partition coefficient (Wildman–Crippen LogP) is 2.22. The molecule has 0 bridgehead atoms. The summed E-state index contributed by atoms with van der Waals surface area (Å²) in [6.45, 7) is 7.10. The number of hydrogen-bond donors (Lipinski definition) is 1. The van der Waals surface area contributed by atoms with E-state index in [1.54, 1.807) is 30.7 Å². The molecule has 0 spiro atoms. The van der Waals surface area contributed by atoms with E-state index >= 15 is 0 Å². The molecule has 0 saturated carbocycles. The van der Waals surface area contributed by atoms with Crippen LogP contribution in [-0.2, 0) is 9.59 Å². The molecule has 1 aromatic rings. The molecule has 116 valence electrons. The summed E-state index contributed by atoms with van der Waals surface area (Å²) >= 11 is 0. The van der Waals surface area contributed by atoms with Crippen LogP contribution in [0.3, 0.4) is 0 Å². The molecule has 0 aliphatic carbocycles. The van der Waals surface area contributed by atoms with Crippen LogP contribution in [0.25, 0.3) is 0 Å². The summed E-state index contributed by atoms with van der Waals surface area (Å²) in [5.74, 6) is -1.07. The molecule has 5 heteroatoms. The molecule has 0 aromatic heterocycles. The summed E-state index contributed by atoms with van der Waals surface area (Å²) < 4.78 is 0. The number of nitrogens with zero attached hydrogens (tertiary/aromatic N) is 2. The van der Waals surface area contributed by atoms with Gasteiger partial charge in [0, 0.05) is 11.7 Å². The van der Waals surface area contributed by atoms with Crippen molar-refractivity contribution < 1.29 is 14.7 Å². The normalized spacial score (nSPS) is 11.8. The Morgan fingerprint density at radius 3 is 2.14 bits per heavy atom. The molecule has 0 unspecified atom stereocenters. The van der Waals surface area contributed by atoms with E-state index in [0.717, 1.165) is 5.69 Å². The average Bonchev–Trinajstić information content (AvgIpc) is 2.39. The first-order valence-electron chi connectivity index (χ1n) is 6.99. The number of carboxylic acid groups (broad SMARTS) is 1. The van der Waals surface area contributed by atoms with Gasteiger partial charge in [-0.2, -0.15) is 0 Å². The largest absolute Gasteiger partial charge is 0.480 e. The second kappa shape index (κ2) is 6.72. The number of rotatable bonds is 6. The van der Waals surface area contributed by atoms with E-state index in [1.807, 2.05) is 44.2 Å². The number of aliphatic carboxylic acids is 1. The SMILES string of the molecule is CC(C)N(C(=O)CN(C)C(C)(C)C(=O)O)c1ccccc1. The highest BCUT2D eigenvalue weighted by molar-refractivity contribution is 5.95. The van der Waals surface area contributed by atoms with Gasteiger partial charge in [-0.25, -0.2) is 0 Å². The van der Waals surface area contributed by atoms with Crippen LogP contribution in [0.4, 0.5) is 5.69 Å². The van der Waals surface area contributed by atoms with Gasteiger partial charge in [-0.05, 0) is 46.9 Å². The summed E-state index contributed by atoms with van der Waals surface area (Å²) in [6, 6.07) is 9.40. The van der Waals surface area contributed by atoms with Crippen LogP contribution in [0.1, 0.15) is 27.7 Å². The Hall–Kier alpha value is -1.88. The van der Waals surface area contributed by atoms with Gasteiger partial charge in [0.25, 0.3) is 0 Å². The van der Waals surface area contributed by atoms with Crippen molar-refractivity contribution in [2.45, 2.75) is 39.3 Å². The zero-order valence-electron chi connectivity index (χ0n) is 13.3. The number of carbonyl (C=O) groups excluding carboxylic acids is 1. The zero-order chi connectivity index (χ0) is 16.2. The van der Waals surface area contributed by atoms with Crippen molar-refractivity contribution in [2.75, 3.05) is 18.5 Å². The highest BCUT2D eigenvalue weighted by Gasteiger charge is 2.34. The Balaban J connectivity index is 2.92. The average molecular weight is 292 g/mol. The molecule has 5 nitrogen and oxygen atoms in total. The minimum atomic E-state index is -1.09. The quantitative estimate of drug-likeness (QED) is 0.873. The van der Waals surface area contributed by atoms with Crippen LogP contribution >= 0.6 is 0 Å². The second-order valence-electron chi connectivity index (χ2n) is 5.91. The van der Waals surface area contributed by atoms with E-state index in [1.165, 1.54) is 0 Å². The minimum absolute atomic E-state index is 0.00115. The number of hydrogen-bond acceptors (Lipinski definition) is 3. The van der Waals surface area contributed by atoms with Gasteiger partial charge in [0.2, 0.25) is 5.91 Å². The smallest absolute Gasteiger partial charge is 0.323 e. The van der Waals surface area contributed by atoms with Gasteiger partial charge in [0.15, 0.2) is 0 Å². The first-order valence-corrected chi connectivity index (χ1v) is 6.99. The van der Waals surface area contributed by atoms with Crippen molar-refractivity contribution in [1.29, 1.82) is 0 Å². The van der Waals surface area contributed by atoms with Crippen LogP contribution in [0, 0.1) is 0 Å². The maximum Gasteiger partial charge on any atom is 0.323 e. The van der Waals surface area contributed by atoms with Gasteiger partial charge < -0.3 is 10.0 Å². The first kappa shape index (κ1) is 17.2. The number of likely N-dealkylation sites (N-methyl/N-ethyl adjacent to an activating group) is 1. The third-order valence-electron chi connectivity index (χ3n) is 3.67. The fourth-order valence-corrected chi connectivity index (χ4v) is 1.96. The Morgan fingerprint density at radius 1 is 1.19 bits per heavy atom. The number of para-hydroxylation sites is 1. The topological polar surface area (TPSA) is 60.9 Å². The highest BCUT2D eigenvalue weighted by Crippen LogP contribution is 2.19. The number of anilines is 1. The van der Waals surface area contributed by atoms with E-state index < -0.39 is 11.5 Å². The Kier molecular flexibility index (Phi) is 5.49. The van der Waals surface area contributed by atoms with E-state index in [0.29, 0.717) is 0 Å². The lowest BCUT2D eigenvalue weighted by Gasteiger charge is -2.34. The first-order chi connectivity index (χ1) is 9.67. The molecule has 21 heavy (non-hydrogen) atoms. The van der Waals surface area contributed by atoms with E-state index in [9.17, 15) is 14.7 Å². The lowest BCUT2D eigenvalue weighted by molar-refractivity contribution is -0.149. The molecule has 1 amide bonds. The molecule has 1 rings (SSSR count). The summed E-state index contributed by atoms with van der Waals surface area (Å²) in [5, 5.41) is 9.22. The standard InChI is InChI=1S/C16H24N2O3/c1-12(2)18(13-9-7-6-8-10-13)14(19)11-17(5)16(3,4)15(20)21/h6-10,12H,11H2,1-5H3,(H,20,21). The number of amides is 1. The van der Waals surface area contributed by atoms with E-state index in [-0.39, 0.29) is 18.5 Å². The van der Waals surface area contributed by atoms with Gasteiger partial charge in [0.1, 0.15) is 5.54 Å². The molecule has 0 radical (unpaired) electrons. The number of carboxylic acids is 1. The predicted molar refractivity (Wildman–Crippen MR) is 83.4 cm³/mol. The van der Waals surface area contributed by atoms with E-state index in [4.69, 9.17) is 0 Å². The summed E-state index contributed by atoms with van der Waals surface area (Å²) in [7, 11) is 1.65. The van der Waals surface area contributed by atoms with Crippen molar-refractivity contribution in [1.82, 2.24) is 4.90 Å². The van der Waals surface area contributed by atoms with Crippen molar-refractivity contribution in [3.8, 4) is 0 Å². The maximum atomic E-state index is 12.6. The lowest BCUT2D eigenvalue weighted by Crippen LogP contribution is -2.53. The summed E-state index contributed by atoms with van der Waals surface area (Å²) in [5.41, 5.74) is -0.270. The Morgan fingerprint density at radius 2 is 1.71 bits per heavy atom. The monoisotopic (exact) mass is 292 g/mol. The van der Waals surface area contributed by atoms with Crippen LogP contribution in [0.5, 0.6) is 0 Å². The summed E-state index contributed by atoms with van der Waals surface area (Å²) in [4.78, 5) is 27.0. The number of carbonyl (C=O) groups is 2. The molecule has 1 aromatic carbocycles. The fraction of sp³-hybridized carbons (Fsp3) is 0.500. The van der Waals surface area contributed by atoms with Gasteiger partial charge in [-0.15, -0.1) is 0 Å². The third kappa shape index (κ3) is 4.04. The Labute approximate surface area is 126 Å². The molecule has 0 aliphatic heterocycles.